The van der Waals surface area contributed by atoms with Crippen molar-refractivity contribution in [2.24, 2.45) is 11.5 Å². The molecule has 0 aromatic rings. The fraction of sp³-hybridized carbons (Fsp3) is 0.429. The summed E-state index contributed by atoms with van der Waals surface area (Å²) in [7, 11) is 0. The maximum atomic E-state index is 11.1. The van der Waals surface area contributed by atoms with Crippen LogP contribution in [0.3, 0.4) is 0 Å². The standard InChI is InChI=1S/C7H9N3O4/c8-6(13)5(7(9)14)10-3(11)1-2-4(10)12/h5H,1-2H2,(H2,8,13)(H2,9,14). The molecule has 0 bridgehead atoms. The van der Waals surface area contributed by atoms with Crippen molar-refractivity contribution in [3.63, 3.8) is 0 Å². The zero-order chi connectivity index (χ0) is 10.9. The molecule has 0 aliphatic carbocycles. The smallest absolute Gasteiger partial charge is 0.250 e. The van der Waals surface area contributed by atoms with Gasteiger partial charge in [0, 0.05) is 12.8 Å². The van der Waals surface area contributed by atoms with Crippen molar-refractivity contribution in [1.29, 1.82) is 0 Å². The number of carbonyl (C=O) groups excluding carboxylic acids is 4. The third-order valence-corrected chi connectivity index (χ3v) is 1.89. The SMILES string of the molecule is NC(=O)C(C(N)=O)N1C(=O)CCC1=O. The van der Waals surface area contributed by atoms with E-state index in [-0.39, 0.29) is 12.8 Å². The summed E-state index contributed by atoms with van der Waals surface area (Å²) in [4.78, 5) is 44.4. The number of nitrogens with zero attached hydrogens (tertiary/aromatic N) is 1. The fourth-order valence-electron chi connectivity index (χ4n) is 1.28. The minimum absolute atomic E-state index is 0.0180. The molecule has 1 rings (SSSR count). The molecule has 1 aliphatic heterocycles. The van der Waals surface area contributed by atoms with Crippen molar-refractivity contribution in [3.8, 4) is 0 Å². The Morgan fingerprint density at radius 3 is 1.71 bits per heavy atom. The van der Waals surface area contributed by atoms with Gasteiger partial charge in [0.05, 0.1) is 0 Å². The molecule has 7 heteroatoms. The van der Waals surface area contributed by atoms with Crippen LogP contribution in [0, 0.1) is 0 Å². The molecule has 4 amide bonds. The van der Waals surface area contributed by atoms with Crippen molar-refractivity contribution in [2.75, 3.05) is 0 Å². The Morgan fingerprint density at radius 1 is 1.07 bits per heavy atom. The van der Waals surface area contributed by atoms with Gasteiger partial charge in [-0.3, -0.25) is 24.1 Å². The zero-order valence-electron chi connectivity index (χ0n) is 7.23. The molecule has 0 unspecified atom stereocenters. The second kappa shape index (κ2) is 3.44. The van der Waals surface area contributed by atoms with Gasteiger partial charge in [-0.05, 0) is 0 Å². The van der Waals surface area contributed by atoms with E-state index < -0.39 is 29.7 Å². The Labute approximate surface area is 79.0 Å². The van der Waals surface area contributed by atoms with Crippen molar-refractivity contribution in [2.45, 2.75) is 18.9 Å². The van der Waals surface area contributed by atoms with Crippen LogP contribution in [-0.2, 0) is 19.2 Å². The lowest BCUT2D eigenvalue weighted by atomic mass is 10.2. The Morgan fingerprint density at radius 2 is 1.43 bits per heavy atom. The third-order valence-electron chi connectivity index (χ3n) is 1.89. The van der Waals surface area contributed by atoms with Gasteiger partial charge in [-0.15, -0.1) is 0 Å². The summed E-state index contributed by atoms with van der Waals surface area (Å²) in [6, 6.07) is -1.66. The molecule has 0 spiro atoms. The van der Waals surface area contributed by atoms with Crippen LogP contribution in [0.25, 0.3) is 0 Å². The normalized spacial score (nSPS) is 16.5. The van der Waals surface area contributed by atoms with Gasteiger partial charge in [0.2, 0.25) is 23.6 Å². The van der Waals surface area contributed by atoms with Gasteiger partial charge in [-0.25, -0.2) is 0 Å². The van der Waals surface area contributed by atoms with Crippen LogP contribution < -0.4 is 11.5 Å². The first-order valence-electron chi connectivity index (χ1n) is 3.88. The van der Waals surface area contributed by atoms with E-state index in [2.05, 4.69) is 0 Å². The van der Waals surface area contributed by atoms with Crippen LogP contribution in [0.2, 0.25) is 0 Å². The fourth-order valence-corrected chi connectivity index (χ4v) is 1.28. The number of rotatable bonds is 3. The zero-order valence-corrected chi connectivity index (χ0v) is 7.23. The highest BCUT2D eigenvalue weighted by atomic mass is 16.2. The van der Waals surface area contributed by atoms with Crippen LogP contribution in [0.1, 0.15) is 12.8 Å². The van der Waals surface area contributed by atoms with Crippen LogP contribution >= 0.6 is 0 Å². The molecular weight excluding hydrogens is 190 g/mol. The molecule has 0 radical (unpaired) electrons. The van der Waals surface area contributed by atoms with Crippen LogP contribution in [0.15, 0.2) is 0 Å². The molecule has 7 nitrogen and oxygen atoms in total. The predicted octanol–water partition coefficient (Wildman–Crippen LogP) is -2.53. The highest BCUT2D eigenvalue weighted by Gasteiger charge is 2.40. The summed E-state index contributed by atoms with van der Waals surface area (Å²) in [5.74, 6) is -3.39. The van der Waals surface area contributed by atoms with E-state index in [1.807, 2.05) is 0 Å². The lowest BCUT2D eigenvalue weighted by Gasteiger charge is -2.19. The van der Waals surface area contributed by atoms with E-state index in [9.17, 15) is 19.2 Å². The second-order valence-corrected chi connectivity index (χ2v) is 2.86. The first kappa shape index (κ1) is 10.2. The molecule has 1 saturated heterocycles. The molecule has 0 atom stereocenters. The molecular formula is C7H9N3O4. The third kappa shape index (κ3) is 1.56. The number of hydrogen-bond donors (Lipinski definition) is 2. The van der Waals surface area contributed by atoms with Crippen molar-refractivity contribution >= 4 is 23.6 Å². The summed E-state index contributed by atoms with van der Waals surface area (Å²) in [6.45, 7) is 0. The monoisotopic (exact) mass is 199 g/mol. The predicted molar refractivity (Wildman–Crippen MR) is 43.3 cm³/mol. The van der Waals surface area contributed by atoms with Gasteiger partial charge in [0.1, 0.15) is 0 Å². The Bertz CT molecular complexity index is 295. The minimum Gasteiger partial charge on any atom is -0.367 e. The summed E-state index contributed by atoms with van der Waals surface area (Å²) < 4.78 is 0. The van der Waals surface area contributed by atoms with E-state index in [4.69, 9.17) is 11.5 Å². The first-order chi connectivity index (χ1) is 6.45. The molecule has 1 fully saturated rings. The molecule has 4 N–H and O–H groups in total. The minimum atomic E-state index is -1.66. The second-order valence-electron chi connectivity index (χ2n) is 2.86. The highest BCUT2D eigenvalue weighted by molar-refractivity contribution is 6.13. The summed E-state index contributed by atoms with van der Waals surface area (Å²) in [5, 5.41) is 0. The van der Waals surface area contributed by atoms with Crippen molar-refractivity contribution in [1.82, 2.24) is 4.90 Å². The number of hydrogen-bond acceptors (Lipinski definition) is 4. The lowest BCUT2D eigenvalue weighted by Crippen LogP contribution is -2.54. The van der Waals surface area contributed by atoms with Gasteiger partial charge in [-0.2, -0.15) is 0 Å². The average Bonchev–Trinajstić information content (AvgIpc) is 2.34. The molecule has 14 heavy (non-hydrogen) atoms. The van der Waals surface area contributed by atoms with E-state index in [1.54, 1.807) is 0 Å². The summed E-state index contributed by atoms with van der Waals surface area (Å²) >= 11 is 0. The number of primary amides is 2. The number of nitrogens with two attached hydrogens (primary N) is 2. The maximum Gasteiger partial charge on any atom is 0.250 e. The van der Waals surface area contributed by atoms with Crippen molar-refractivity contribution < 1.29 is 19.2 Å². The highest BCUT2D eigenvalue weighted by Crippen LogP contribution is 2.15. The summed E-state index contributed by atoms with van der Waals surface area (Å²) in [6.07, 6.45) is -0.0359. The van der Waals surface area contributed by atoms with Gasteiger partial charge in [0.25, 0.3) is 0 Å². The average molecular weight is 199 g/mol. The molecule has 0 aromatic carbocycles. The Kier molecular flexibility index (Phi) is 2.50. The number of amides is 4. The topological polar surface area (TPSA) is 124 Å². The van der Waals surface area contributed by atoms with Crippen LogP contribution in [-0.4, -0.2) is 34.6 Å². The van der Waals surface area contributed by atoms with E-state index in [0.717, 1.165) is 0 Å². The van der Waals surface area contributed by atoms with Gasteiger partial charge < -0.3 is 11.5 Å². The molecule has 0 saturated carbocycles. The van der Waals surface area contributed by atoms with Gasteiger partial charge in [0.15, 0.2) is 6.04 Å². The van der Waals surface area contributed by atoms with Crippen LogP contribution in [0.4, 0.5) is 0 Å². The number of likely N-dealkylation sites (tertiary alicyclic amines) is 1. The van der Waals surface area contributed by atoms with E-state index in [0.29, 0.717) is 4.90 Å². The van der Waals surface area contributed by atoms with E-state index in [1.165, 1.54) is 0 Å². The number of imide groups is 1. The van der Waals surface area contributed by atoms with Gasteiger partial charge in [-0.1, -0.05) is 0 Å². The Balaban J connectivity index is 2.98. The van der Waals surface area contributed by atoms with Gasteiger partial charge >= 0.3 is 0 Å². The molecule has 1 aliphatic rings. The quantitative estimate of drug-likeness (QED) is 0.384. The first-order valence-corrected chi connectivity index (χ1v) is 3.88. The molecule has 76 valence electrons. The van der Waals surface area contributed by atoms with Crippen LogP contribution in [0.5, 0.6) is 0 Å². The maximum absolute atomic E-state index is 11.1. The Hall–Kier alpha value is -1.92. The van der Waals surface area contributed by atoms with Crippen molar-refractivity contribution in [3.05, 3.63) is 0 Å². The summed E-state index contributed by atoms with van der Waals surface area (Å²) in [5.41, 5.74) is 9.71. The molecule has 0 aromatic heterocycles. The molecule has 1 heterocycles. The number of carbonyl (C=O) groups is 4. The van der Waals surface area contributed by atoms with E-state index >= 15 is 0 Å². The lowest BCUT2D eigenvalue weighted by molar-refractivity contribution is -0.150. The largest absolute Gasteiger partial charge is 0.367 e.